The summed E-state index contributed by atoms with van der Waals surface area (Å²) in [6.07, 6.45) is 6.49. The van der Waals surface area contributed by atoms with Crippen LogP contribution in [0.25, 0.3) is 10.9 Å². The second-order valence-electron chi connectivity index (χ2n) is 5.60. The van der Waals surface area contributed by atoms with Crippen LogP contribution in [0.1, 0.15) is 62.8 Å². The van der Waals surface area contributed by atoms with Gasteiger partial charge in [-0.1, -0.05) is 57.2 Å². The fourth-order valence-corrected chi connectivity index (χ4v) is 2.64. The van der Waals surface area contributed by atoms with Gasteiger partial charge in [-0.05, 0) is 31.0 Å². The molecule has 1 aromatic heterocycles. The number of pyridine rings is 1. The number of hydrogen-bond acceptors (Lipinski definition) is 2. The molecule has 1 atom stereocenters. The van der Waals surface area contributed by atoms with Crippen LogP contribution in [0, 0.1) is 6.92 Å². The summed E-state index contributed by atoms with van der Waals surface area (Å²) in [4.78, 5) is 4.60. The topological polar surface area (TPSA) is 33.1 Å². The first-order chi connectivity index (χ1) is 9.72. The van der Waals surface area contributed by atoms with E-state index in [1.807, 2.05) is 24.3 Å². The zero-order valence-corrected chi connectivity index (χ0v) is 12.6. The summed E-state index contributed by atoms with van der Waals surface area (Å²) < 4.78 is 0. The van der Waals surface area contributed by atoms with Gasteiger partial charge in [0.15, 0.2) is 0 Å². The molecule has 0 aliphatic carbocycles. The van der Waals surface area contributed by atoms with Crippen molar-refractivity contribution in [1.82, 2.24) is 4.98 Å². The van der Waals surface area contributed by atoms with Crippen LogP contribution in [-0.4, -0.2) is 10.1 Å². The molecular formula is C18H25NO. The zero-order valence-electron chi connectivity index (χ0n) is 12.6. The molecule has 0 saturated carbocycles. The van der Waals surface area contributed by atoms with Gasteiger partial charge in [0.1, 0.15) is 0 Å². The molecular weight excluding hydrogens is 246 g/mol. The van der Waals surface area contributed by atoms with E-state index >= 15 is 0 Å². The Kier molecular flexibility index (Phi) is 5.54. The Hall–Kier alpha value is -1.41. The number of aromatic nitrogens is 1. The van der Waals surface area contributed by atoms with E-state index < -0.39 is 6.10 Å². The minimum atomic E-state index is -0.431. The van der Waals surface area contributed by atoms with Crippen LogP contribution < -0.4 is 0 Å². The second kappa shape index (κ2) is 7.39. The molecule has 0 radical (unpaired) electrons. The third-order valence-electron chi connectivity index (χ3n) is 3.87. The van der Waals surface area contributed by atoms with Crippen molar-refractivity contribution in [3.05, 3.63) is 41.6 Å². The van der Waals surface area contributed by atoms with E-state index in [4.69, 9.17) is 0 Å². The Morgan fingerprint density at radius 1 is 1.10 bits per heavy atom. The third-order valence-corrected chi connectivity index (χ3v) is 3.87. The smallest absolute Gasteiger partial charge is 0.0960 e. The van der Waals surface area contributed by atoms with E-state index in [2.05, 4.69) is 24.9 Å². The summed E-state index contributed by atoms with van der Waals surface area (Å²) in [5, 5.41) is 11.5. The van der Waals surface area contributed by atoms with E-state index in [0.29, 0.717) is 0 Å². The molecule has 0 amide bonds. The van der Waals surface area contributed by atoms with Crippen molar-refractivity contribution in [2.45, 2.75) is 58.5 Å². The standard InChI is InChI=1S/C18H25NO/c1-3-4-5-6-7-12-18(20)17-13-14(2)15-10-8-9-11-16(15)19-17/h8-11,13,18,20H,3-7,12H2,1-2H3. The van der Waals surface area contributed by atoms with Crippen LogP contribution in [0.15, 0.2) is 30.3 Å². The molecule has 0 spiro atoms. The molecule has 2 rings (SSSR count). The first-order valence-electron chi connectivity index (χ1n) is 7.76. The molecule has 0 aliphatic rings. The van der Waals surface area contributed by atoms with Crippen molar-refractivity contribution in [3.63, 3.8) is 0 Å². The molecule has 2 aromatic rings. The van der Waals surface area contributed by atoms with Crippen LogP contribution in [0.2, 0.25) is 0 Å². The maximum absolute atomic E-state index is 10.3. The Morgan fingerprint density at radius 2 is 1.85 bits per heavy atom. The van der Waals surface area contributed by atoms with Gasteiger partial charge >= 0.3 is 0 Å². The number of hydrogen-bond donors (Lipinski definition) is 1. The van der Waals surface area contributed by atoms with Crippen LogP contribution >= 0.6 is 0 Å². The molecule has 20 heavy (non-hydrogen) atoms. The lowest BCUT2D eigenvalue weighted by molar-refractivity contribution is 0.159. The highest BCUT2D eigenvalue weighted by Crippen LogP contribution is 2.24. The van der Waals surface area contributed by atoms with Crippen LogP contribution in [0.3, 0.4) is 0 Å². The van der Waals surface area contributed by atoms with Crippen LogP contribution in [0.5, 0.6) is 0 Å². The van der Waals surface area contributed by atoms with Crippen molar-refractivity contribution >= 4 is 10.9 Å². The van der Waals surface area contributed by atoms with E-state index in [9.17, 15) is 5.11 Å². The lowest BCUT2D eigenvalue weighted by Crippen LogP contribution is -2.02. The first-order valence-corrected chi connectivity index (χ1v) is 7.76. The zero-order chi connectivity index (χ0) is 14.4. The fourth-order valence-electron chi connectivity index (χ4n) is 2.64. The highest BCUT2D eigenvalue weighted by Gasteiger charge is 2.11. The maximum atomic E-state index is 10.3. The summed E-state index contributed by atoms with van der Waals surface area (Å²) in [6.45, 7) is 4.30. The van der Waals surface area contributed by atoms with Gasteiger partial charge in [0.05, 0.1) is 17.3 Å². The molecule has 2 heteroatoms. The summed E-state index contributed by atoms with van der Waals surface area (Å²) in [7, 11) is 0. The normalized spacial score (nSPS) is 12.8. The van der Waals surface area contributed by atoms with E-state index in [0.717, 1.165) is 24.1 Å². The summed E-state index contributed by atoms with van der Waals surface area (Å²) in [6, 6.07) is 10.1. The SMILES string of the molecule is CCCCCCCC(O)c1cc(C)c2ccccc2n1. The highest BCUT2D eigenvalue weighted by molar-refractivity contribution is 5.82. The minimum absolute atomic E-state index is 0.431. The summed E-state index contributed by atoms with van der Waals surface area (Å²) in [5.41, 5.74) is 2.99. The van der Waals surface area contributed by atoms with Crippen LogP contribution in [-0.2, 0) is 0 Å². The Balaban J connectivity index is 2.01. The van der Waals surface area contributed by atoms with Gasteiger partial charge in [0.25, 0.3) is 0 Å². The van der Waals surface area contributed by atoms with Crippen molar-refractivity contribution in [3.8, 4) is 0 Å². The number of aliphatic hydroxyl groups excluding tert-OH is 1. The molecule has 0 bridgehead atoms. The molecule has 1 N–H and O–H groups in total. The quantitative estimate of drug-likeness (QED) is 0.724. The molecule has 0 saturated heterocycles. The monoisotopic (exact) mass is 271 g/mol. The molecule has 0 aliphatic heterocycles. The lowest BCUT2D eigenvalue weighted by atomic mass is 10.0. The predicted molar refractivity (Wildman–Crippen MR) is 84.8 cm³/mol. The van der Waals surface area contributed by atoms with E-state index in [1.165, 1.54) is 36.6 Å². The molecule has 1 unspecified atom stereocenters. The molecule has 2 nitrogen and oxygen atoms in total. The van der Waals surface area contributed by atoms with Gasteiger partial charge in [0.2, 0.25) is 0 Å². The van der Waals surface area contributed by atoms with Crippen molar-refractivity contribution in [2.24, 2.45) is 0 Å². The van der Waals surface area contributed by atoms with Gasteiger partial charge in [-0.2, -0.15) is 0 Å². The predicted octanol–water partition coefficient (Wildman–Crippen LogP) is 4.94. The Labute approximate surface area is 121 Å². The maximum Gasteiger partial charge on any atom is 0.0960 e. The number of fused-ring (bicyclic) bond motifs is 1. The second-order valence-corrected chi connectivity index (χ2v) is 5.60. The summed E-state index contributed by atoms with van der Waals surface area (Å²) in [5.74, 6) is 0. The fraction of sp³-hybridized carbons (Fsp3) is 0.500. The minimum Gasteiger partial charge on any atom is -0.387 e. The van der Waals surface area contributed by atoms with Crippen molar-refractivity contribution < 1.29 is 5.11 Å². The van der Waals surface area contributed by atoms with Gasteiger partial charge in [-0.3, -0.25) is 4.98 Å². The van der Waals surface area contributed by atoms with Gasteiger partial charge in [0, 0.05) is 5.39 Å². The number of aryl methyl sites for hydroxylation is 1. The summed E-state index contributed by atoms with van der Waals surface area (Å²) >= 11 is 0. The average molecular weight is 271 g/mol. The number of unbranched alkanes of at least 4 members (excludes halogenated alkanes) is 4. The molecule has 0 fully saturated rings. The number of rotatable bonds is 7. The number of aliphatic hydroxyl groups is 1. The molecule has 1 aromatic carbocycles. The number of nitrogens with zero attached hydrogens (tertiary/aromatic N) is 1. The lowest BCUT2D eigenvalue weighted by Gasteiger charge is -2.12. The van der Waals surface area contributed by atoms with Gasteiger partial charge in [-0.15, -0.1) is 0 Å². The van der Waals surface area contributed by atoms with Gasteiger partial charge < -0.3 is 5.11 Å². The number of para-hydroxylation sites is 1. The van der Waals surface area contributed by atoms with Crippen LogP contribution in [0.4, 0.5) is 0 Å². The first kappa shape index (κ1) is 15.0. The Bertz CT molecular complexity index is 550. The third kappa shape index (κ3) is 3.80. The molecule has 108 valence electrons. The molecule has 1 heterocycles. The largest absolute Gasteiger partial charge is 0.387 e. The van der Waals surface area contributed by atoms with Crippen molar-refractivity contribution in [2.75, 3.05) is 0 Å². The Morgan fingerprint density at radius 3 is 2.65 bits per heavy atom. The average Bonchev–Trinajstić information content (AvgIpc) is 2.47. The highest BCUT2D eigenvalue weighted by atomic mass is 16.3. The van der Waals surface area contributed by atoms with E-state index in [1.54, 1.807) is 0 Å². The van der Waals surface area contributed by atoms with Crippen molar-refractivity contribution in [1.29, 1.82) is 0 Å². The number of benzene rings is 1. The van der Waals surface area contributed by atoms with E-state index in [-0.39, 0.29) is 0 Å². The van der Waals surface area contributed by atoms with Gasteiger partial charge in [-0.25, -0.2) is 0 Å².